The maximum atomic E-state index is 12.1. The summed E-state index contributed by atoms with van der Waals surface area (Å²) in [6, 6.07) is 13.1. The van der Waals surface area contributed by atoms with Crippen LogP contribution in [0.15, 0.2) is 58.2 Å². The van der Waals surface area contributed by atoms with Crippen molar-refractivity contribution in [2.24, 2.45) is 5.10 Å². The van der Waals surface area contributed by atoms with Gasteiger partial charge in [0.2, 0.25) is 0 Å². The Morgan fingerprint density at radius 3 is 2.77 bits per heavy atom. The fourth-order valence-electron chi connectivity index (χ4n) is 2.65. The largest absolute Gasteiger partial charge is 0.271 e. The predicted octanol–water partition coefficient (Wildman–Crippen LogP) is 3.90. The Morgan fingerprint density at radius 1 is 1.23 bits per heavy atom. The molecule has 1 aliphatic rings. The molecule has 0 radical (unpaired) electrons. The highest BCUT2D eigenvalue weighted by Gasteiger charge is 2.25. The third-order valence-corrected chi connectivity index (χ3v) is 4.31. The molecule has 0 spiro atoms. The molecule has 1 unspecified atom stereocenters. The van der Waals surface area contributed by atoms with Crippen molar-refractivity contribution in [2.45, 2.75) is 25.2 Å². The number of carbonyl (C=O) groups is 1. The van der Waals surface area contributed by atoms with Gasteiger partial charge in [-0.15, -0.1) is 0 Å². The van der Waals surface area contributed by atoms with Gasteiger partial charge in [-0.2, -0.15) is 5.10 Å². The van der Waals surface area contributed by atoms with Gasteiger partial charge < -0.3 is 0 Å². The molecule has 0 bridgehead atoms. The minimum atomic E-state index is -0.188. The second-order valence-corrected chi connectivity index (χ2v) is 6.17. The van der Waals surface area contributed by atoms with Gasteiger partial charge in [-0.25, -0.2) is 5.43 Å². The zero-order valence-electron chi connectivity index (χ0n) is 12.0. The molecule has 1 aliphatic carbocycles. The lowest BCUT2D eigenvalue weighted by Gasteiger charge is -2.10. The summed E-state index contributed by atoms with van der Waals surface area (Å²) in [5.41, 5.74) is 5.29. The number of amides is 1. The number of aromatic nitrogens is 1. The number of hydrogen-bond acceptors (Lipinski definition) is 3. The van der Waals surface area contributed by atoms with Crippen molar-refractivity contribution in [3.63, 3.8) is 0 Å². The quantitative estimate of drug-likeness (QED) is 0.847. The van der Waals surface area contributed by atoms with Gasteiger partial charge in [0.1, 0.15) is 0 Å². The van der Waals surface area contributed by atoms with E-state index < -0.39 is 0 Å². The van der Waals surface area contributed by atoms with E-state index in [1.54, 1.807) is 18.3 Å². The van der Waals surface area contributed by atoms with Crippen molar-refractivity contribution in [2.75, 3.05) is 0 Å². The number of carbonyl (C=O) groups excluding carboxylic acids is 1. The predicted molar refractivity (Wildman–Crippen MR) is 89.9 cm³/mol. The minimum Gasteiger partial charge on any atom is -0.267 e. The third-order valence-electron chi connectivity index (χ3n) is 3.78. The summed E-state index contributed by atoms with van der Waals surface area (Å²) in [6.07, 6.45) is 4.81. The van der Waals surface area contributed by atoms with Gasteiger partial charge in [0.25, 0.3) is 5.91 Å². The van der Waals surface area contributed by atoms with E-state index in [1.165, 1.54) is 0 Å². The van der Waals surface area contributed by atoms with E-state index in [0.717, 1.165) is 35.1 Å². The van der Waals surface area contributed by atoms with E-state index in [9.17, 15) is 4.79 Å². The van der Waals surface area contributed by atoms with Crippen LogP contribution in [0.25, 0.3) is 0 Å². The number of hydrogen-bond donors (Lipinski definition) is 1. The van der Waals surface area contributed by atoms with Gasteiger partial charge in [0.15, 0.2) is 0 Å². The number of nitrogens with zero attached hydrogens (tertiary/aromatic N) is 2. The maximum absolute atomic E-state index is 12.1. The van der Waals surface area contributed by atoms with Crippen molar-refractivity contribution < 1.29 is 4.79 Å². The molecule has 0 aliphatic heterocycles. The van der Waals surface area contributed by atoms with E-state index in [1.807, 2.05) is 30.3 Å². The third kappa shape index (κ3) is 3.42. The molecule has 2 aromatic rings. The molecule has 1 aromatic carbocycles. The normalized spacial score (nSPS) is 19.3. The number of pyridine rings is 1. The smallest absolute Gasteiger partial charge is 0.267 e. The minimum absolute atomic E-state index is 0.188. The Labute approximate surface area is 137 Å². The van der Waals surface area contributed by atoms with Gasteiger partial charge in [-0.3, -0.25) is 9.78 Å². The average Bonchev–Trinajstić information content (AvgIpc) is 3.02. The lowest BCUT2D eigenvalue weighted by Crippen LogP contribution is -2.20. The molecular formula is C17H16BrN3O. The molecule has 1 aromatic heterocycles. The molecule has 1 fully saturated rings. The van der Waals surface area contributed by atoms with Crippen molar-refractivity contribution >= 4 is 27.5 Å². The van der Waals surface area contributed by atoms with E-state index in [0.29, 0.717) is 5.56 Å². The Kier molecular flexibility index (Phi) is 4.63. The van der Waals surface area contributed by atoms with Crippen molar-refractivity contribution in [1.82, 2.24) is 10.4 Å². The second-order valence-electron chi connectivity index (χ2n) is 5.25. The molecule has 1 atom stereocenters. The molecule has 5 heteroatoms. The van der Waals surface area contributed by atoms with E-state index in [4.69, 9.17) is 0 Å². The van der Waals surface area contributed by atoms with Crippen LogP contribution in [0.2, 0.25) is 0 Å². The highest BCUT2D eigenvalue weighted by molar-refractivity contribution is 9.10. The van der Waals surface area contributed by atoms with E-state index in [2.05, 4.69) is 31.4 Å². The monoisotopic (exact) mass is 357 g/mol. The molecule has 4 nitrogen and oxygen atoms in total. The summed E-state index contributed by atoms with van der Waals surface area (Å²) in [5, 5.41) is 4.35. The van der Waals surface area contributed by atoms with Crippen molar-refractivity contribution in [1.29, 1.82) is 0 Å². The standard InChI is InChI=1S/C17H16BrN3O/c18-13-9-7-12(8-10-13)17(22)21-20-16-6-3-4-14(16)15-5-1-2-11-19-15/h1-2,5,7-11,14H,3-4,6H2,(H,21,22). The lowest BCUT2D eigenvalue weighted by molar-refractivity contribution is 0.0954. The van der Waals surface area contributed by atoms with Crippen LogP contribution in [-0.2, 0) is 0 Å². The first-order chi connectivity index (χ1) is 10.7. The van der Waals surface area contributed by atoms with Crippen LogP contribution in [0, 0.1) is 0 Å². The number of rotatable bonds is 3. The molecule has 22 heavy (non-hydrogen) atoms. The average molecular weight is 358 g/mol. The molecule has 0 saturated heterocycles. The number of nitrogens with one attached hydrogen (secondary N) is 1. The summed E-state index contributed by atoms with van der Waals surface area (Å²) in [6.45, 7) is 0. The zero-order chi connectivity index (χ0) is 15.4. The zero-order valence-corrected chi connectivity index (χ0v) is 13.6. The Bertz CT molecular complexity index is 683. The highest BCUT2D eigenvalue weighted by Crippen LogP contribution is 2.30. The second kappa shape index (κ2) is 6.83. The van der Waals surface area contributed by atoms with Gasteiger partial charge in [-0.05, 0) is 55.7 Å². The Balaban J connectivity index is 1.71. The fourth-order valence-corrected chi connectivity index (χ4v) is 2.92. The Hall–Kier alpha value is -2.01. The summed E-state index contributed by atoms with van der Waals surface area (Å²) < 4.78 is 0.946. The van der Waals surface area contributed by atoms with Crippen LogP contribution in [-0.4, -0.2) is 16.6 Å². The molecule has 112 valence electrons. The van der Waals surface area contributed by atoms with Crippen LogP contribution in [0.5, 0.6) is 0 Å². The van der Waals surface area contributed by atoms with Gasteiger partial charge in [0.05, 0.1) is 0 Å². The van der Waals surface area contributed by atoms with Crippen molar-refractivity contribution in [3.8, 4) is 0 Å². The van der Waals surface area contributed by atoms with Gasteiger partial charge in [-0.1, -0.05) is 22.0 Å². The first-order valence-electron chi connectivity index (χ1n) is 7.27. The van der Waals surface area contributed by atoms with Crippen LogP contribution in [0.4, 0.5) is 0 Å². The molecule has 1 N–H and O–H groups in total. The first kappa shape index (κ1) is 14.9. The molecule has 1 heterocycles. The first-order valence-corrected chi connectivity index (χ1v) is 8.06. The molecular weight excluding hydrogens is 342 g/mol. The summed E-state index contributed by atoms with van der Waals surface area (Å²) in [5.74, 6) is 0.0260. The van der Waals surface area contributed by atoms with Gasteiger partial charge >= 0.3 is 0 Å². The summed E-state index contributed by atoms with van der Waals surface area (Å²) >= 11 is 3.35. The van der Waals surface area contributed by atoms with Crippen LogP contribution in [0.3, 0.4) is 0 Å². The highest BCUT2D eigenvalue weighted by atomic mass is 79.9. The number of benzene rings is 1. The van der Waals surface area contributed by atoms with E-state index >= 15 is 0 Å². The van der Waals surface area contributed by atoms with Gasteiger partial charge in [0, 0.05) is 33.6 Å². The van der Waals surface area contributed by atoms with Crippen molar-refractivity contribution in [3.05, 3.63) is 64.4 Å². The molecule has 1 amide bonds. The summed E-state index contributed by atoms with van der Waals surface area (Å²) in [4.78, 5) is 16.5. The Morgan fingerprint density at radius 2 is 2.05 bits per heavy atom. The number of hydrazone groups is 1. The number of halogens is 1. The molecule has 1 saturated carbocycles. The van der Waals surface area contributed by atoms with Crippen LogP contribution >= 0.6 is 15.9 Å². The molecule has 3 rings (SSSR count). The summed E-state index contributed by atoms with van der Waals surface area (Å²) in [7, 11) is 0. The van der Waals surface area contributed by atoms with E-state index in [-0.39, 0.29) is 11.8 Å². The topological polar surface area (TPSA) is 54.4 Å². The fraction of sp³-hybridized carbons (Fsp3) is 0.235. The lowest BCUT2D eigenvalue weighted by atomic mass is 10.0. The van der Waals surface area contributed by atoms with Crippen LogP contribution < -0.4 is 5.43 Å². The maximum Gasteiger partial charge on any atom is 0.271 e. The SMILES string of the molecule is O=C(NN=C1CCCC1c1ccccn1)c1ccc(Br)cc1. The van der Waals surface area contributed by atoms with Crippen LogP contribution in [0.1, 0.15) is 41.2 Å².